The molecule has 4 nitrogen and oxygen atoms in total. The van der Waals surface area contributed by atoms with Crippen molar-refractivity contribution < 1.29 is 17.7 Å². The summed E-state index contributed by atoms with van der Waals surface area (Å²) < 4.78 is 23.4. The van der Waals surface area contributed by atoms with Gasteiger partial charge >= 0.3 is 17.1 Å². The standard InChI is InChI=1S/C12H30O4Si2/c1-9-13-17(5,6)15-11(3)12(4)16-18(7,8)14-10-2/h11-12H,9-10H2,1-8H3. The second kappa shape index (κ2) is 7.76. The normalized spacial score (nSPS) is 16.7. The average Bonchev–Trinajstić information content (AvgIpc) is 2.15. The van der Waals surface area contributed by atoms with Gasteiger partial charge in [-0.15, -0.1) is 0 Å². The van der Waals surface area contributed by atoms with E-state index >= 15 is 0 Å². The highest BCUT2D eigenvalue weighted by molar-refractivity contribution is 6.65. The van der Waals surface area contributed by atoms with E-state index in [2.05, 4.69) is 26.2 Å². The first-order chi connectivity index (χ1) is 8.13. The molecule has 0 aromatic heterocycles. The third-order valence-corrected chi connectivity index (χ3v) is 6.43. The zero-order chi connectivity index (χ0) is 14.4. The van der Waals surface area contributed by atoms with Crippen LogP contribution in [0.25, 0.3) is 0 Å². The summed E-state index contributed by atoms with van der Waals surface area (Å²) in [7, 11) is -4.06. The van der Waals surface area contributed by atoms with Crippen LogP contribution in [-0.2, 0) is 17.7 Å². The van der Waals surface area contributed by atoms with Crippen molar-refractivity contribution in [2.24, 2.45) is 0 Å². The SMILES string of the molecule is CCO[Si](C)(C)OC(C)C(C)O[Si](C)(C)OCC. The van der Waals surface area contributed by atoms with Crippen LogP contribution in [0.2, 0.25) is 26.2 Å². The summed E-state index contributed by atoms with van der Waals surface area (Å²) in [6.07, 6.45) is 0.0379. The number of hydrogen-bond donors (Lipinski definition) is 0. The van der Waals surface area contributed by atoms with E-state index in [1.54, 1.807) is 0 Å². The summed E-state index contributed by atoms with van der Waals surface area (Å²) in [4.78, 5) is 0. The molecule has 0 rings (SSSR count). The Morgan fingerprint density at radius 2 is 1.00 bits per heavy atom. The Balaban J connectivity index is 4.30. The first kappa shape index (κ1) is 18.3. The second-order valence-electron chi connectivity index (χ2n) is 5.31. The molecule has 0 aliphatic rings. The highest BCUT2D eigenvalue weighted by atomic mass is 28.4. The molecule has 110 valence electrons. The summed E-state index contributed by atoms with van der Waals surface area (Å²) in [6, 6.07) is 0. The predicted octanol–water partition coefficient (Wildman–Crippen LogP) is 3.27. The minimum atomic E-state index is -2.03. The molecule has 0 heterocycles. The minimum Gasteiger partial charge on any atom is -0.395 e. The van der Waals surface area contributed by atoms with E-state index in [4.69, 9.17) is 17.7 Å². The summed E-state index contributed by atoms with van der Waals surface area (Å²) in [5.41, 5.74) is 0. The fourth-order valence-corrected chi connectivity index (χ4v) is 5.55. The molecule has 0 fully saturated rings. The van der Waals surface area contributed by atoms with Crippen molar-refractivity contribution in [1.29, 1.82) is 0 Å². The van der Waals surface area contributed by atoms with E-state index in [9.17, 15) is 0 Å². The van der Waals surface area contributed by atoms with Gasteiger partial charge in [0, 0.05) is 13.2 Å². The van der Waals surface area contributed by atoms with Crippen LogP contribution in [0.3, 0.4) is 0 Å². The first-order valence-corrected chi connectivity index (χ1v) is 12.4. The average molecular weight is 295 g/mol. The predicted molar refractivity (Wildman–Crippen MR) is 79.3 cm³/mol. The van der Waals surface area contributed by atoms with Crippen molar-refractivity contribution in [3.63, 3.8) is 0 Å². The van der Waals surface area contributed by atoms with E-state index in [-0.39, 0.29) is 12.2 Å². The van der Waals surface area contributed by atoms with Crippen LogP contribution in [0.15, 0.2) is 0 Å². The fraction of sp³-hybridized carbons (Fsp3) is 1.00. The molecule has 0 aromatic rings. The van der Waals surface area contributed by atoms with Crippen molar-refractivity contribution in [2.45, 2.75) is 66.1 Å². The van der Waals surface area contributed by atoms with Crippen LogP contribution < -0.4 is 0 Å². The molecule has 2 unspecified atom stereocenters. The lowest BCUT2D eigenvalue weighted by Crippen LogP contribution is -2.46. The van der Waals surface area contributed by atoms with Crippen molar-refractivity contribution in [3.8, 4) is 0 Å². The van der Waals surface area contributed by atoms with E-state index in [1.165, 1.54) is 0 Å². The number of hydrogen-bond acceptors (Lipinski definition) is 4. The first-order valence-electron chi connectivity index (χ1n) is 6.77. The van der Waals surface area contributed by atoms with E-state index in [0.717, 1.165) is 0 Å². The maximum atomic E-state index is 6.02. The molecule has 0 N–H and O–H groups in total. The Hall–Kier alpha value is 0.274. The smallest absolute Gasteiger partial charge is 0.332 e. The molecule has 0 radical (unpaired) electrons. The van der Waals surface area contributed by atoms with Crippen molar-refractivity contribution in [3.05, 3.63) is 0 Å². The molecule has 0 bridgehead atoms. The van der Waals surface area contributed by atoms with Gasteiger partial charge in [0.1, 0.15) is 0 Å². The van der Waals surface area contributed by atoms with E-state index in [1.807, 2.05) is 27.7 Å². The lowest BCUT2D eigenvalue weighted by molar-refractivity contribution is 0.0246. The summed E-state index contributed by atoms with van der Waals surface area (Å²) in [6.45, 7) is 17.7. The maximum Gasteiger partial charge on any atom is 0.332 e. The van der Waals surface area contributed by atoms with Gasteiger partial charge < -0.3 is 17.7 Å². The Labute approximate surface area is 114 Å². The third kappa shape index (κ3) is 7.65. The van der Waals surface area contributed by atoms with Gasteiger partial charge in [-0.1, -0.05) is 0 Å². The van der Waals surface area contributed by atoms with Crippen molar-refractivity contribution >= 4 is 17.1 Å². The largest absolute Gasteiger partial charge is 0.395 e. The van der Waals surface area contributed by atoms with Gasteiger partial charge in [0.2, 0.25) is 0 Å². The zero-order valence-corrected chi connectivity index (χ0v) is 15.2. The Morgan fingerprint density at radius 3 is 1.22 bits per heavy atom. The van der Waals surface area contributed by atoms with Crippen molar-refractivity contribution in [2.75, 3.05) is 13.2 Å². The lowest BCUT2D eigenvalue weighted by Gasteiger charge is -2.33. The Kier molecular flexibility index (Phi) is 7.88. The van der Waals surface area contributed by atoms with Gasteiger partial charge in [-0.2, -0.15) is 0 Å². The van der Waals surface area contributed by atoms with E-state index < -0.39 is 17.1 Å². The van der Waals surface area contributed by atoms with Crippen LogP contribution in [0, 0.1) is 0 Å². The highest BCUT2D eigenvalue weighted by Gasteiger charge is 2.33. The molecular formula is C12H30O4Si2. The van der Waals surface area contributed by atoms with Gasteiger partial charge in [-0.3, -0.25) is 0 Å². The molecule has 0 aliphatic heterocycles. The van der Waals surface area contributed by atoms with Gasteiger partial charge in [-0.05, 0) is 53.9 Å². The van der Waals surface area contributed by atoms with Gasteiger partial charge in [0.15, 0.2) is 0 Å². The number of rotatable bonds is 9. The Morgan fingerprint density at radius 1 is 0.722 bits per heavy atom. The fourth-order valence-electron chi connectivity index (χ4n) is 1.85. The minimum absolute atomic E-state index is 0.0189. The molecule has 0 aliphatic carbocycles. The molecular weight excluding hydrogens is 264 g/mol. The highest BCUT2D eigenvalue weighted by Crippen LogP contribution is 2.17. The van der Waals surface area contributed by atoms with Crippen LogP contribution in [0.5, 0.6) is 0 Å². The molecule has 0 amide bonds. The summed E-state index contributed by atoms with van der Waals surface area (Å²) in [5.74, 6) is 0. The second-order valence-corrected chi connectivity index (χ2v) is 12.0. The van der Waals surface area contributed by atoms with Gasteiger partial charge in [-0.25, -0.2) is 0 Å². The topological polar surface area (TPSA) is 36.9 Å². The molecule has 0 saturated heterocycles. The van der Waals surface area contributed by atoms with Crippen LogP contribution in [0.1, 0.15) is 27.7 Å². The molecule has 2 atom stereocenters. The zero-order valence-electron chi connectivity index (χ0n) is 13.2. The van der Waals surface area contributed by atoms with Crippen molar-refractivity contribution in [1.82, 2.24) is 0 Å². The molecule has 0 spiro atoms. The van der Waals surface area contributed by atoms with E-state index in [0.29, 0.717) is 13.2 Å². The van der Waals surface area contributed by atoms with Crippen LogP contribution in [0.4, 0.5) is 0 Å². The third-order valence-electron chi connectivity index (χ3n) is 2.58. The molecule has 0 saturated carbocycles. The lowest BCUT2D eigenvalue weighted by atomic mass is 10.3. The summed E-state index contributed by atoms with van der Waals surface area (Å²) in [5, 5.41) is 0. The monoisotopic (exact) mass is 294 g/mol. The summed E-state index contributed by atoms with van der Waals surface area (Å²) >= 11 is 0. The Bertz CT molecular complexity index is 210. The van der Waals surface area contributed by atoms with Gasteiger partial charge in [0.05, 0.1) is 12.2 Å². The quantitative estimate of drug-likeness (QED) is 0.612. The molecule has 6 heteroatoms. The van der Waals surface area contributed by atoms with Crippen LogP contribution in [-0.4, -0.2) is 42.5 Å². The van der Waals surface area contributed by atoms with Crippen LogP contribution >= 0.6 is 0 Å². The maximum absolute atomic E-state index is 6.02. The molecule has 18 heavy (non-hydrogen) atoms. The van der Waals surface area contributed by atoms with Gasteiger partial charge in [0.25, 0.3) is 0 Å². The molecule has 0 aromatic carbocycles.